The molecule has 0 heteroatoms. The molecule has 3 aliphatic carbocycles. The van der Waals surface area contributed by atoms with Gasteiger partial charge in [-0.3, -0.25) is 0 Å². The Morgan fingerprint density at radius 1 is 0.920 bits per heavy atom. The summed E-state index contributed by atoms with van der Waals surface area (Å²) in [5, 5.41) is 0. The van der Waals surface area contributed by atoms with Crippen LogP contribution in [0.25, 0.3) is 0 Å². The van der Waals surface area contributed by atoms with E-state index in [4.69, 9.17) is 0 Å². The topological polar surface area (TPSA) is 0 Å². The van der Waals surface area contributed by atoms with Gasteiger partial charge in [0.15, 0.2) is 0 Å². The van der Waals surface area contributed by atoms with E-state index in [0.29, 0.717) is 10.8 Å². The number of allylic oxidation sites excluding steroid dienone is 1. The molecule has 144 valence electrons. The van der Waals surface area contributed by atoms with Crippen LogP contribution < -0.4 is 0 Å². The predicted molar refractivity (Wildman–Crippen MR) is 111 cm³/mol. The lowest BCUT2D eigenvalue weighted by Crippen LogP contribution is -2.51. The van der Waals surface area contributed by atoms with Crippen molar-refractivity contribution in [2.75, 3.05) is 0 Å². The first-order chi connectivity index (χ1) is 12.0. The molecule has 3 aliphatic rings. The quantitative estimate of drug-likeness (QED) is 0.410. The molecule has 0 saturated heterocycles. The minimum absolute atomic E-state index is 0.578. The minimum atomic E-state index is 0.578. The third kappa shape index (κ3) is 3.25. The summed E-state index contributed by atoms with van der Waals surface area (Å²) in [7, 11) is 0. The van der Waals surface area contributed by atoms with Gasteiger partial charge in [0.25, 0.3) is 0 Å². The van der Waals surface area contributed by atoms with E-state index in [1.54, 1.807) is 6.42 Å². The molecule has 3 rings (SSSR count). The molecule has 0 aromatic rings. The molecule has 0 nitrogen and oxygen atoms in total. The molecule has 0 amide bonds. The zero-order valence-electron chi connectivity index (χ0n) is 17.7. The minimum Gasteiger partial charge on any atom is -0.103 e. The van der Waals surface area contributed by atoms with Crippen LogP contribution in [-0.2, 0) is 0 Å². The van der Waals surface area contributed by atoms with Gasteiger partial charge in [0.1, 0.15) is 0 Å². The standard InChI is InChI=1S/C25H44/c1-6-9-11-20-13-15-22-21-14-12-19(10-7-2)24(4,17-8-3)23(21)16-18-25(20,22)5/h7,19-23H,2,6,8-18H2,1,3-5H3. The molecule has 0 spiro atoms. The fraction of sp³-hybridized carbons (Fsp3) is 0.920. The Morgan fingerprint density at radius 2 is 1.68 bits per heavy atom. The lowest BCUT2D eigenvalue weighted by atomic mass is 9.46. The number of hydrogen-bond acceptors (Lipinski definition) is 0. The van der Waals surface area contributed by atoms with Crippen molar-refractivity contribution in [3.63, 3.8) is 0 Å². The molecule has 0 bridgehead atoms. The van der Waals surface area contributed by atoms with Crippen molar-refractivity contribution in [1.29, 1.82) is 0 Å². The number of hydrogen-bond donors (Lipinski definition) is 0. The summed E-state index contributed by atoms with van der Waals surface area (Å²) in [5.74, 6) is 4.99. The highest BCUT2D eigenvalue weighted by Crippen LogP contribution is 2.67. The molecule has 0 heterocycles. The number of unbranched alkanes of at least 4 members (excludes halogenated alkanes) is 1. The molecule has 0 aromatic heterocycles. The first-order valence-corrected chi connectivity index (χ1v) is 11.6. The van der Waals surface area contributed by atoms with E-state index in [0.717, 1.165) is 29.6 Å². The Morgan fingerprint density at radius 3 is 2.36 bits per heavy atom. The maximum absolute atomic E-state index is 4.09. The maximum Gasteiger partial charge on any atom is -0.0264 e. The Labute approximate surface area is 158 Å². The molecular formula is C25H44. The van der Waals surface area contributed by atoms with Crippen molar-refractivity contribution >= 4 is 0 Å². The second kappa shape index (κ2) is 7.77. The van der Waals surface area contributed by atoms with E-state index in [2.05, 4.69) is 40.3 Å². The lowest BCUT2D eigenvalue weighted by Gasteiger charge is -2.59. The van der Waals surface area contributed by atoms with Crippen LogP contribution >= 0.6 is 0 Å². The number of rotatable bonds is 7. The summed E-state index contributed by atoms with van der Waals surface area (Å²) < 4.78 is 0. The molecule has 0 N–H and O–H groups in total. The highest BCUT2D eigenvalue weighted by molar-refractivity contribution is 5.08. The molecule has 3 fully saturated rings. The van der Waals surface area contributed by atoms with E-state index in [1.165, 1.54) is 70.6 Å². The summed E-state index contributed by atoms with van der Waals surface area (Å²) in [4.78, 5) is 0. The average Bonchev–Trinajstić information content (AvgIpc) is 2.92. The van der Waals surface area contributed by atoms with Crippen LogP contribution in [0.4, 0.5) is 0 Å². The van der Waals surface area contributed by atoms with Gasteiger partial charge in [-0.05, 0) is 98.2 Å². The third-order valence-corrected chi connectivity index (χ3v) is 9.41. The lowest BCUT2D eigenvalue weighted by molar-refractivity contribution is -0.0994. The average molecular weight is 345 g/mol. The summed E-state index contributed by atoms with van der Waals surface area (Å²) in [6, 6.07) is 0. The predicted octanol–water partition coefficient (Wildman–Crippen LogP) is 8.03. The maximum atomic E-state index is 4.09. The van der Waals surface area contributed by atoms with E-state index in [-0.39, 0.29) is 0 Å². The molecule has 7 unspecified atom stereocenters. The Balaban J connectivity index is 1.81. The molecule has 0 radical (unpaired) electrons. The van der Waals surface area contributed by atoms with E-state index in [9.17, 15) is 0 Å². The van der Waals surface area contributed by atoms with Gasteiger partial charge < -0.3 is 0 Å². The molecule has 3 saturated carbocycles. The highest BCUT2D eigenvalue weighted by atomic mass is 14.6. The van der Waals surface area contributed by atoms with Gasteiger partial charge in [-0.15, -0.1) is 6.58 Å². The van der Waals surface area contributed by atoms with Crippen molar-refractivity contribution < 1.29 is 0 Å². The number of fused-ring (bicyclic) bond motifs is 3. The summed E-state index contributed by atoms with van der Waals surface area (Å²) >= 11 is 0. The molecule has 25 heavy (non-hydrogen) atoms. The van der Waals surface area contributed by atoms with Crippen LogP contribution in [0.1, 0.15) is 105 Å². The summed E-state index contributed by atoms with van der Waals surface area (Å²) in [5.41, 5.74) is 1.25. The Bertz CT molecular complexity index is 451. The van der Waals surface area contributed by atoms with E-state index < -0.39 is 0 Å². The van der Waals surface area contributed by atoms with Crippen LogP contribution in [0.15, 0.2) is 12.7 Å². The molecule has 7 atom stereocenters. The van der Waals surface area contributed by atoms with Crippen molar-refractivity contribution in [2.45, 2.75) is 105 Å². The van der Waals surface area contributed by atoms with Gasteiger partial charge in [-0.1, -0.05) is 53.0 Å². The van der Waals surface area contributed by atoms with Gasteiger partial charge in [0, 0.05) is 0 Å². The van der Waals surface area contributed by atoms with Gasteiger partial charge in [0.2, 0.25) is 0 Å². The third-order valence-electron chi connectivity index (χ3n) is 9.41. The normalized spacial score (nSPS) is 46.5. The SMILES string of the molecule is C=CCC1CCC2C(CCC3(C)C(CCCC)CCC23)C1(C)CCC. The van der Waals surface area contributed by atoms with Crippen molar-refractivity contribution in [2.24, 2.45) is 40.4 Å². The van der Waals surface area contributed by atoms with E-state index >= 15 is 0 Å². The fourth-order valence-electron chi connectivity index (χ4n) is 8.08. The van der Waals surface area contributed by atoms with Crippen molar-refractivity contribution in [1.82, 2.24) is 0 Å². The smallest absolute Gasteiger partial charge is 0.0264 e. The Kier molecular flexibility index (Phi) is 6.06. The zero-order valence-corrected chi connectivity index (χ0v) is 17.7. The van der Waals surface area contributed by atoms with Gasteiger partial charge in [-0.25, -0.2) is 0 Å². The molecular weight excluding hydrogens is 300 g/mol. The molecule has 0 aromatic carbocycles. The van der Waals surface area contributed by atoms with Gasteiger partial charge >= 0.3 is 0 Å². The highest BCUT2D eigenvalue weighted by Gasteiger charge is 2.58. The van der Waals surface area contributed by atoms with Crippen molar-refractivity contribution in [3.8, 4) is 0 Å². The van der Waals surface area contributed by atoms with Crippen LogP contribution in [0.2, 0.25) is 0 Å². The second-order valence-corrected chi connectivity index (χ2v) is 10.4. The van der Waals surface area contributed by atoms with Gasteiger partial charge in [-0.2, -0.15) is 0 Å². The second-order valence-electron chi connectivity index (χ2n) is 10.4. The fourth-order valence-corrected chi connectivity index (χ4v) is 8.08. The summed E-state index contributed by atoms with van der Waals surface area (Å²) in [6.07, 6.45) is 19.7. The molecule has 0 aliphatic heterocycles. The first kappa shape index (κ1) is 19.5. The Hall–Kier alpha value is -0.260. The van der Waals surface area contributed by atoms with E-state index in [1.807, 2.05) is 0 Å². The zero-order chi connectivity index (χ0) is 18.1. The van der Waals surface area contributed by atoms with Gasteiger partial charge in [0.05, 0.1) is 0 Å². The van der Waals surface area contributed by atoms with Crippen LogP contribution in [0, 0.1) is 40.4 Å². The summed E-state index contributed by atoms with van der Waals surface area (Å²) in [6.45, 7) is 14.2. The van der Waals surface area contributed by atoms with Crippen LogP contribution in [0.5, 0.6) is 0 Å². The first-order valence-electron chi connectivity index (χ1n) is 11.6. The van der Waals surface area contributed by atoms with Crippen LogP contribution in [-0.4, -0.2) is 0 Å². The monoisotopic (exact) mass is 344 g/mol. The largest absolute Gasteiger partial charge is 0.103 e. The van der Waals surface area contributed by atoms with Crippen molar-refractivity contribution in [3.05, 3.63) is 12.7 Å². The van der Waals surface area contributed by atoms with Crippen LogP contribution in [0.3, 0.4) is 0 Å².